The van der Waals surface area contributed by atoms with Crippen LogP contribution in [0.15, 0.2) is 18.2 Å². The minimum atomic E-state index is -1.10. The van der Waals surface area contributed by atoms with Crippen molar-refractivity contribution in [2.24, 2.45) is 0 Å². The smallest absolute Gasteiger partial charge is 0.325 e. The van der Waals surface area contributed by atoms with Crippen molar-refractivity contribution < 1.29 is 14.7 Å². The van der Waals surface area contributed by atoms with Crippen LogP contribution in [0.1, 0.15) is 12.5 Å². The van der Waals surface area contributed by atoms with Gasteiger partial charge in [-0.05, 0) is 31.5 Å². The Labute approximate surface area is 104 Å². The van der Waals surface area contributed by atoms with Crippen molar-refractivity contribution >= 4 is 29.3 Å². The molecular formula is C11H13ClN2O3. The molecule has 0 radical (unpaired) electrons. The fourth-order valence-corrected chi connectivity index (χ4v) is 1.42. The van der Waals surface area contributed by atoms with E-state index in [1.165, 1.54) is 6.92 Å². The highest BCUT2D eigenvalue weighted by Crippen LogP contribution is 2.22. The van der Waals surface area contributed by atoms with Gasteiger partial charge < -0.3 is 15.7 Å². The van der Waals surface area contributed by atoms with E-state index in [9.17, 15) is 9.59 Å². The van der Waals surface area contributed by atoms with Gasteiger partial charge in [-0.3, -0.25) is 4.79 Å². The molecule has 0 aliphatic carbocycles. The van der Waals surface area contributed by atoms with Gasteiger partial charge in [-0.1, -0.05) is 17.7 Å². The van der Waals surface area contributed by atoms with E-state index >= 15 is 0 Å². The summed E-state index contributed by atoms with van der Waals surface area (Å²) in [4.78, 5) is 22.0. The van der Waals surface area contributed by atoms with Gasteiger partial charge in [0, 0.05) is 0 Å². The number of rotatable bonds is 3. The van der Waals surface area contributed by atoms with Crippen molar-refractivity contribution in [3.8, 4) is 0 Å². The van der Waals surface area contributed by atoms with E-state index in [-0.39, 0.29) is 0 Å². The molecule has 0 aliphatic rings. The number of amides is 2. The number of hydrogen-bond donors (Lipinski definition) is 3. The van der Waals surface area contributed by atoms with Gasteiger partial charge in [-0.2, -0.15) is 0 Å². The first-order valence-corrected chi connectivity index (χ1v) is 5.34. The molecule has 3 N–H and O–H groups in total. The number of carbonyl (C=O) groups excluding carboxylic acids is 1. The number of hydrogen-bond acceptors (Lipinski definition) is 2. The summed E-state index contributed by atoms with van der Waals surface area (Å²) >= 11 is 5.91. The summed E-state index contributed by atoms with van der Waals surface area (Å²) in [5.74, 6) is -1.10. The molecule has 1 atom stereocenters. The van der Waals surface area contributed by atoms with E-state index in [0.717, 1.165) is 5.56 Å². The van der Waals surface area contributed by atoms with E-state index in [2.05, 4.69) is 10.6 Å². The first kappa shape index (κ1) is 13.3. The van der Waals surface area contributed by atoms with Crippen LogP contribution in [0, 0.1) is 6.92 Å². The maximum absolute atomic E-state index is 11.4. The lowest BCUT2D eigenvalue weighted by Crippen LogP contribution is -2.40. The summed E-state index contributed by atoms with van der Waals surface area (Å²) < 4.78 is 0. The monoisotopic (exact) mass is 256 g/mol. The lowest BCUT2D eigenvalue weighted by molar-refractivity contribution is -0.138. The van der Waals surface area contributed by atoms with Gasteiger partial charge in [0.05, 0.1) is 10.7 Å². The fourth-order valence-electron chi connectivity index (χ4n) is 1.14. The maximum Gasteiger partial charge on any atom is 0.325 e. The Morgan fingerprint density at radius 2 is 2.06 bits per heavy atom. The highest BCUT2D eigenvalue weighted by Gasteiger charge is 2.14. The largest absolute Gasteiger partial charge is 0.480 e. The lowest BCUT2D eigenvalue weighted by atomic mass is 10.2. The Morgan fingerprint density at radius 3 is 2.59 bits per heavy atom. The number of aryl methyl sites for hydroxylation is 1. The molecule has 5 nitrogen and oxygen atoms in total. The lowest BCUT2D eigenvalue weighted by Gasteiger charge is -2.11. The zero-order valence-electron chi connectivity index (χ0n) is 9.45. The third kappa shape index (κ3) is 3.96. The van der Waals surface area contributed by atoms with E-state index in [1.807, 2.05) is 6.92 Å². The molecule has 2 amide bonds. The Morgan fingerprint density at radius 1 is 1.41 bits per heavy atom. The quantitative estimate of drug-likeness (QED) is 0.776. The molecule has 6 heteroatoms. The number of carboxylic acids is 1. The maximum atomic E-state index is 11.4. The molecule has 17 heavy (non-hydrogen) atoms. The zero-order valence-corrected chi connectivity index (χ0v) is 10.2. The second-order valence-corrected chi connectivity index (χ2v) is 4.05. The molecule has 0 fully saturated rings. The molecule has 1 aromatic rings. The zero-order chi connectivity index (χ0) is 13.0. The van der Waals surface area contributed by atoms with Gasteiger partial charge >= 0.3 is 12.0 Å². The Bertz CT molecular complexity index is 448. The average molecular weight is 257 g/mol. The van der Waals surface area contributed by atoms with E-state index in [1.54, 1.807) is 18.2 Å². The standard InChI is InChI=1S/C11H13ClN2O3/c1-6-3-4-9(8(12)5-6)14-11(17)13-7(2)10(15)16/h3-5,7H,1-2H3,(H,15,16)(H2,13,14,17)/t7-/m0/s1. The topological polar surface area (TPSA) is 78.4 Å². The van der Waals surface area contributed by atoms with E-state index in [0.29, 0.717) is 10.7 Å². The molecule has 92 valence electrons. The number of urea groups is 1. The molecule has 0 bridgehead atoms. The molecule has 0 spiro atoms. The molecule has 0 heterocycles. The first-order chi connectivity index (χ1) is 7.90. The number of aliphatic carboxylic acids is 1. The molecule has 1 rings (SSSR count). The highest BCUT2D eigenvalue weighted by molar-refractivity contribution is 6.33. The first-order valence-electron chi connectivity index (χ1n) is 4.96. The van der Waals surface area contributed by atoms with Crippen molar-refractivity contribution in [2.45, 2.75) is 19.9 Å². The third-order valence-corrected chi connectivity index (χ3v) is 2.40. The summed E-state index contributed by atoms with van der Waals surface area (Å²) in [5, 5.41) is 13.8. The average Bonchev–Trinajstić information content (AvgIpc) is 2.22. The van der Waals surface area contributed by atoms with Gasteiger partial charge in [-0.15, -0.1) is 0 Å². The van der Waals surface area contributed by atoms with Crippen molar-refractivity contribution in [2.75, 3.05) is 5.32 Å². The molecule has 0 aliphatic heterocycles. The van der Waals surface area contributed by atoms with Crippen LogP contribution in [0.25, 0.3) is 0 Å². The number of carbonyl (C=O) groups is 2. The van der Waals surface area contributed by atoms with E-state index in [4.69, 9.17) is 16.7 Å². The van der Waals surface area contributed by atoms with Gasteiger partial charge in [0.15, 0.2) is 0 Å². The van der Waals surface area contributed by atoms with Crippen LogP contribution in [0.5, 0.6) is 0 Å². The van der Waals surface area contributed by atoms with Crippen LogP contribution in [-0.4, -0.2) is 23.1 Å². The normalized spacial score (nSPS) is 11.7. The predicted molar refractivity (Wildman–Crippen MR) is 65.4 cm³/mol. The molecule has 0 aromatic heterocycles. The predicted octanol–water partition coefficient (Wildman–Crippen LogP) is 2.24. The van der Waals surface area contributed by atoms with Crippen molar-refractivity contribution in [3.63, 3.8) is 0 Å². The summed E-state index contributed by atoms with van der Waals surface area (Å²) in [6, 6.07) is 3.59. The molecule has 0 saturated heterocycles. The second kappa shape index (κ2) is 5.54. The van der Waals surface area contributed by atoms with Crippen LogP contribution in [0.2, 0.25) is 5.02 Å². The van der Waals surface area contributed by atoms with Crippen LogP contribution < -0.4 is 10.6 Å². The number of anilines is 1. The van der Waals surface area contributed by atoms with Crippen LogP contribution in [0.3, 0.4) is 0 Å². The number of carboxylic acid groups (broad SMARTS) is 1. The molecule has 1 aromatic carbocycles. The van der Waals surface area contributed by atoms with Gasteiger partial charge in [-0.25, -0.2) is 4.79 Å². The van der Waals surface area contributed by atoms with Crippen molar-refractivity contribution in [1.29, 1.82) is 0 Å². The van der Waals surface area contributed by atoms with Crippen molar-refractivity contribution in [3.05, 3.63) is 28.8 Å². The summed E-state index contributed by atoms with van der Waals surface area (Å²) in [6.45, 7) is 3.25. The number of halogens is 1. The Hall–Kier alpha value is -1.75. The van der Waals surface area contributed by atoms with Crippen molar-refractivity contribution in [1.82, 2.24) is 5.32 Å². The molecular weight excluding hydrogens is 244 g/mol. The third-order valence-electron chi connectivity index (χ3n) is 2.09. The second-order valence-electron chi connectivity index (χ2n) is 3.64. The van der Waals surface area contributed by atoms with E-state index < -0.39 is 18.0 Å². The molecule has 0 unspecified atom stereocenters. The Balaban J connectivity index is 2.65. The SMILES string of the molecule is Cc1ccc(NC(=O)N[C@@H](C)C(=O)O)c(Cl)c1. The van der Waals surface area contributed by atoms with Gasteiger partial charge in [0.25, 0.3) is 0 Å². The summed E-state index contributed by atoms with van der Waals surface area (Å²) in [7, 11) is 0. The minimum absolute atomic E-state index is 0.406. The van der Waals surface area contributed by atoms with Gasteiger partial charge in [0.1, 0.15) is 6.04 Å². The van der Waals surface area contributed by atoms with Gasteiger partial charge in [0.2, 0.25) is 0 Å². The van der Waals surface area contributed by atoms with Crippen LogP contribution in [0.4, 0.5) is 10.5 Å². The fraction of sp³-hybridized carbons (Fsp3) is 0.273. The number of benzene rings is 1. The summed E-state index contributed by atoms with van der Waals surface area (Å²) in [6.07, 6.45) is 0. The minimum Gasteiger partial charge on any atom is -0.480 e. The number of nitrogens with one attached hydrogen (secondary N) is 2. The highest BCUT2D eigenvalue weighted by atomic mass is 35.5. The molecule has 0 saturated carbocycles. The van der Waals surface area contributed by atoms with Crippen LogP contribution >= 0.6 is 11.6 Å². The summed E-state index contributed by atoms with van der Waals surface area (Å²) in [5.41, 5.74) is 1.41. The van der Waals surface area contributed by atoms with Crippen LogP contribution in [-0.2, 0) is 4.79 Å². The Kier molecular flexibility index (Phi) is 4.34.